The van der Waals surface area contributed by atoms with Gasteiger partial charge in [-0.3, -0.25) is 10.1 Å². The average molecular weight is 462 g/mol. The van der Waals surface area contributed by atoms with E-state index in [4.69, 9.17) is 15.0 Å². The van der Waals surface area contributed by atoms with Gasteiger partial charge in [0.25, 0.3) is 0 Å². The Morgan fingerprint density at radius 2 is 2.06 bits per heavy atom. The predicted molar refractivity (Wildman–Crippen MR) is 127 cm³/mol. The van der Waals surface area contributed by atoms with Gasteiger partial charge in [0.1, 0.15) is 29.4 Å². The van der Waals surface area contributed by atoms with Gasteiger partial charge in [-0.25, -0.2) is 0 Å². The van der Waals surface area contributed by atoms with Crippen molar-refractivity contribution in [2.75, 3.05) is 38.3 Å². The van der Waals surface area contributed by atoms with E-state index >= 15 is 0 Å². The highest BCUT2D eigenvalue weighted by atomic mass is 16.5. The zero-order chi connectivity index (χ0) is 23.5. The third-order valence-corrected chi connectivity index (χ3v) is 5.46. The molecule has 176 valence electrons. The van der Waals surface area contributed by atoms with Crippen molar-refractivity contribution in [3.8, 4) is 28.5 Å². The number of nitrogens with one attached hydrogen (secondary N) is 2. The van der Waals surface area contributed by atoms with Gasteiger partial charge < -0.3 is 25.2 Å². The Bertz CT molecular complexity index is 1250. The van der Waals surface area contributed by atoms with Crippen molar-refractivity contribution in [2.45, 2.75) is 25.3 Å². The Morgan fingerprint density at radius 3 is 2.82 bits per heavy atom. The molecule has 34 heavy (non-hydrogen) atoms. The van der Waals surface area contributed by atoms with Crippen molar-refractivity contribution in [1.82, 2.24) is 35.2 Å². The lowest BCUT2D eigenvalue weighted by Crippen LogP contribution is -2.20. The van der Waals surface area contributed by atoms with Gasteiger partial charge in [0, 0.05) is 30.4 Å². The lowest BCUT2D eigenvalue weighted by atomic mass is 10.2. The molecule has 1 aliphatic carbocycles. The summed E-state index contributed by atoms with van der Waals surface area (Å²) in [7, 11) is 3.97. The number of hydrogen-bond acceptors (Lipinski definition) is 10. The molecule has 4 aromatic heterocycles. The van der Waals surface area contributed by atoms with E-state index in [1.807, 2.05) is 49.3 Å². The van der Waals surface area contributed by atoms with Crippen LogP contribution in [0.3, 0.4) is 0 Å². The number of H-pyrrole nitrogens is 1. The van der Waals surface area contributed by atoms with Gasteiger partial charge in [-0.15, -0.1) is 0 Å². The average Bonchev–Trinajstić information content (AvgIpc) is 3.37. The fourth-order valence-electron chi connectivity index (χ4n) is 3.47. The highest BCUT2D eigenvalue weighted by Gasteiger charge is 2.27. The number of anilines is 2. The summed E-state index contributed by atoms with van der Waals surface area (Å²) in [5.41, 5.74) is 10.1. The minimum Gasteiger partial charge on any atom is -0.476 e. The predicted octanol–water partition coefficient (Wildman–Crippen LogP) is 2.93. The number of ether oxygens (including phenoxy) is 1. The summed E-state index contributed by atoms with van der Waals surface area (Å²) in [6.07, 6.45) is 4.06. The molecule has 0 atom stereocenters. The second kappa shape index (κ2) is 9.48. The molecule has 0 unspecified atom stereocenters. The summed E-state index contributed by atoms with van der Waals surface area (Å²) in [5, 5.41) is 14.8. The van der Waals surface area contributed by atoms with Crippen LogP contribution < -0.4 is 15.8 Å². The van der Waals surface area contributed by atoms with E-state index in [-0.39, 0.29) is 5.82 Å². The monoisotopic (exact) mass is 461 g/mol. The zero-order valence-corrected chi connectivity index (χ0v) is 19.2. The van der Waals surface area contributed by atoms with Crippen LogP contribution in [0, 0.1) is 0 Å². The number of rotatable bonds is 10. The molecule has 4 N–H and O–H groups in total. The van der Waals surface area contributed by atoms with E-state index in [1.54, 1.807) is 6.20 Å². The van der Waals surface area contributed by atoms with Crippen molar-refractivity contribution in [3.63, 3.8) is 0 Å². The Balaban J connectivity index is 1.35. The maximum absolute atomic E-state index is 6.36. The first-order chi connectivity index (χ1) is 16.6. The zero-order valence-electron chi connectivity index (χ0n) is 19.2. The Hall–Kier alpha value is -3.99. The molecule has 0 aromatic carbocycles. The van der Waals surface area contributed by atoms with Gasteiger partial charge in [0.2, 0.25) is 11.8 Å². The molecule has 5 rings (SSSR count). The van der Waals surface area contributed by atoms with Gasteiger partial charge in [-0.2, -0.15) is 15.1 Å². The summed E-state index contributed by atoms with van der Waals surface area (Å²) in [4.78, 5) is 15.3. The molecule has 1 aliphatic rings. The number of pyridine rings is 1. The van der Waals surface area contributed by atoms with Crippen molar-refractivity contribution < 1.29 is 9.26 Å². The van der Waals surface area contributed by atoms with Crippen LogP contribution in [0.4, 0.5) is 11.8 Å². The number of likely N-dealkylation sites (N-methyl/N-ethyl adjacent to an activating group) is 1. The quantitative estimate of drug-likeness (QED) is 0.322. The van der Waals surface area contributed by atoms with Crippen LogP contribution in [-0.2, 0) is 6.54 Å². The fraction of sp³-hybridized carbons (Fsp3) is 0.348. The SMILES string of the molecule is CN(C)CCOc1nc(NCc2cc(-c3ccccn3)no2)nc(N)c1-c1cc(C2CC2)[nH]n1. The number of hydrogen-bond donors (Lipinski definition) is 3. The standard InChI is InChI=1S/C23H27N9O2/c1-32(2)9-10-33-22-20(19-12-17(29-30-19)14-6-7-14)21(24)27-23(28-22)26-13-15-11-18(31-34-15)16-5-3-4-8-25-16/h3-5,8,11-12,14H,6-7,9-10,13H2,1-2H3,(H,29,30)(H3,24,26,27,28). The highest BCUT2D eigenvalue weighted by molar-refractivity contribution is 5.77. The molecule has 1 fully saturated rings. The number of aromatic amines is 1. The smallest absolute Gasteiger partial charge is 0.230 e. The van der Waals surface area contributed by atoms with Crippen molar-refractivity contribution in [2.24, 2.45) is 0 Å². The molecule has 0 amide bonds. The van der Waals surface area contributed by atoms with Gasteiger partial charge in [0.15, 0.2) is 5.76 Å². The van der Waals surface area contributed by atoms with Crippen LogP contribution in [0.5, 0.6) is 5.88 Å². The summed E-state index contributed by atoms with van der Waals surface area (Å²) < 4.78 is 11.4. The van der Waals surface area contributed by atoms with Gasteiger partial charge in [0.05, 0.1) is 12.2 Å². The van der Waals surface area contributed by atoms with E-state index in [2.05, 4.69) is 35.6 Å². The van der Waals surface area contributed by atoms with E-state index in [0.29, 0.717) is 53.6 Å². The number of aromatic nitrogens is 6. The Kier molecular flexibility index (Phi) is 6.09. The highest BCUT2D eigenvalue weighted by Crippen LogP contribution is 2.41. The first-order valence-electron chi connectivity index (χ1n) is 11.2. The summed E-state index contributed by atoms with van der Waals surface area (Å²) in [5.74, 6) is 2.16. The molecule has 4 heterocycles. The van der Waals surface area contributed by atoms with Crippen molar-refractivity contribution in [1.29, 1.82) is 0 Å². The minimum atomic E-state index is 0.290. The van der Waals surface area contributed by atoms with Crippen LogP contribution in [0.15, 0.2) is 41.1 Å². The Morgan fingerprint density at radius 1 is 1.18 bits per heavy atom. The molecular formula is C23H27N9O2. The van der Waals surface area contributed by atoms with Crippen LogP contribution in [0.2, 0.25) is 0 Å². The topological polar surface area (TPSA) is 144 Å². The molecule has 11 nitrogen and oxygen atoms in total. The molecular weight excluding hydrogens is 434 g/mol. The van der Waals surface area contributed by atoms with Crippen LogP contribution in [0.1, 0.15) is 30.2 Å². The third kappa shape index (κ3) is 4.99. The first kappa shape index (κ1) is 21.8. The largest absolute Gasteiger partial charge is 0.476 e. The van der Waals surface area contributed by atoms with Crippen LogP contribution in [0.25, 0.3) is 22.6 Å². The fourth-order valence-corrected chi connectivity index (χ4v) is 3.47. The maximum atomic E-state index is 6.36. The molecule has 0 aliphatic heterocycles. The van der Waals surface area contributed by atoms with Crippen LogP contribution >= 0.6 is 0 Å². The molecule has 11 heteroatoms. The molecule has 4 aromatic rings. The van der Waals surface area contributed by atoms with Crippen LogP contribution in [-0.4, -0.2) is 62.5 Å². The van der Waals surface area contributed by atoms with Gasteiger partial charge >= 0.3 is 0 Å². The van der Waals surface area contributed by atoms with Crippen molar-refractivity contribution in [3.05, 3.63) is 48.0 Å². The number of nitrogens with two attached hydrogens (primary N) is 1. The summed E-state index contributed by atoms with van der Waals surface area (Å²) in [6.45, 7) is 1.50. The third-order valence-electron chi connectivity index (χ3n) is 5.46. The van der Waals surface area contributed by atoms with Crippen molar-refractivity contribution >= 4 is 11.8 Å². The van der Waals surface area contributed by atoms with E-state index in [9.17, 15) is 0 Å². The van der Waals surface area contributed by atoms with E-state index < -0.39 is 0 Å². The summed E-state index contributed by atoms with van der Waals surface area (Å²) >= 11 is 0. The lowest BCUT2D eigenvalue weighted by molar-refractivity contribution is 0.255. The second-order valence-electron chi connectivity index (χ2n) is 8.49. The minimum absolute atomic E-state index is 0.290. The van der Waals surface area contributed by atoms with Gasteiger partial charge in [-0.1, -0.05) is 11.2 Å². The number of nitrogens with zero attached hydrogens (tertiary/aromatic N) is 6. The molecule has 0 radical (unpaired) electrons. The van der Waals surface area contributed by atoms with Gasteiger partial charge in [-0.05, 0) is 45.1 Å². The normalized spacial score (nSPS) is 13.4. The molecule has 0 spiro atoms. The Labute approximate surface area is 196 Å². The van der Waals surface area contributed by atoms with E-state index in [0.717, 1.165) is 17.9 Å². The number of nitrogen functional groups attached to an aromatic ring is 1. The molecule has 1 saturated carbocycles. The molecule has 0 saturated heterocycles. The molecule has 0 bridgehead atoms. The maximum Gasteiger partial charge on any atom is 0.230 e. The lowest BCUT2D eigenvalue weighted by Gasteiger charge is -2.14. The second-order valence-corrected chi connectivity index (χ2v) is 8.49. The first-order valence-corrected chi connectivity index (χ1v) is 11.2. The van der Waals surface area contributed by atoms with E-state index in [1.165, 1.54) is 12.8 Å². The summed E-state index contributed by atoms with van der Waals surface area (Å²) in [6, 6.07) is 9.46.